The van der Waals surface area contributed by atoms with Crippen LogP contribution in [-0.2, 0) is 14.3 Å². The number of hydrogen-bond donors (Lipinski definition) is 2. The van der Waals surface area contributed by atoms with Crippen LogP contribution < -0.4 is 11.1 Å². The number of carbonyl (C=O) groups excluding carboxylic acids is 2. The van der Waals surface area contributed by atoms with E-state index in [0.29, 0.717) is 0 Å². The zero-order chi connectivity index (χ0) is 15.3. The highest BCUT2D eigenvalue weighted by Gasteiger charge is 2.32. The van der Waals surface area contributed by atoms with E-state index < -0.39 is 12.3 Å². The van der Waals surface area contributed by atoms with Crippen molar-refractivity contribution >= 4 is 11.9 Å². The standard InChI is InChI=1S/C15H28N2O3/c1-10(18)20-14(11-8-6-5-7-9-11)17-13(19)12(16)15(2,3)4/h11-12,14H,5-9,16H2,1-4H3,(H,17,19). The molecule has 0 aliphatic heterocycles. The van der Waals surface area contributed by atoms with Gasteiger partial charge in [-0.25, -0.2) is 0 Å². The molecule has 1 fully saturated rings. The lowest BCUT2D eigenvalue weighted by molar-refractivity contribution is -0.154. The van der Waals surface area contributed by atoms with Gasteiger partial charge in [-0.3, -0.25) is 9.59 Å². The predicted molar refractivity (Wildman–Crippen MR) is 77.7 cm³/mol. The highest BCUT2D eigenvalue weighted by Crippen LogP contribution is 2.27. The summed E-state index contributed by atoms with van der Waals surface area (Å²) in [6.07, 6.45) is 4.84. The highest BCUT2D eigenvalue weighted by molar-refractivity contribution is 5.82. The lowest BCUT2D eigenvalue weighted by Crippen LogP contribution is -2.54. The molecule has 1 rings (SSSR count). The predicted octanol–water partition coefficient (Wildman–Crippen LogP) is 1.95. The third-order valence-corrected chi connectivity index (χ3v) is 3.87. The minimum Gasteiger partial charge on any atom is -0.442 e. The maximum atomic E-state index is 12.2. The van der Waals surface area contributed by atoms with E-state index in [4.69, 9.17) is 10.5 Å². The molecule has 1 aliphatic carbocycles. The van der Waals surface area contributed by atoms with Crippen LogP contribution in [-0.4, -0.2) is 24.1 Å². The monoisotopic (exact) mass is 284 g/mol. The van der Waals surface area contributed by atoms with Gasteiger partial charge in [0.1, 0.15) is 0 Å². The first-order chi connectivity index (χ1) is 9.21. The van der Waals surface area contributed by atoms with E-state index in [1.807, 2.05) is 20.8 Å². The van der Waals surface area contributed by atoms with E-state index in [2.05, 4.69) is 5.32 Å². The molecule has 1 aliphatic rings. The molecule has 0 heterocycles. The van der Waals surface area contributed by atoms with Crippen molar-refractivity contribution in [3.8, 4) is 0 Å². The fourth-order valence-corrected chi connectivity index (χ4v) is 2.48. The molecule has 5 nitrogen and oxygen atoms in total. The molecule has 0 aromatic rings. The van der Waals surface area contributed by atoms with Crippen LogP contribution in [0.1, 0.15) is 59.8 Å². The summed E-state index contributed by atoms with van der Waals surface area (Å²) in [5, 5.41) is 2.82. The fourth-order valence-electron chi connectivity index (χ4n) is 2.48. The number of rotatable bonds is 4. The molecule has 3 N–H and O–H groups in total. The number of ether oxygens (including phenoxy) is 1. The smallest absolute Gasteiger partial charge is 0.304 e. The Morgan fingerprint density at radius 2 is 1.75 bits per heavy atom. The summed E-state index contributed by atoms with van der Waals surface area (Å²) in [6.45, 7) is 7.11. The van der Waals surface area contributed by atoms with E-state index in [0.717, 1.165) is 25.7 Å². The van der Waals surface area contributed by atoms with Gasteiger partial charge in [0.05, 0.1) is 6.04 Å². The molecule has 0 spiro atoms. The largest absolute Gasteiger partial charge is 0.442 e. The summed E-state index contributed by atoms with van der Waals surface area (Å²) < 4.78 is 5.30. The Labute approximate surface area is 121 Å². The van der Waals surface area contributed by atoms with Gasteiger partial charge < -0.3 is 15.8 Å². The molecule has 1 amide bonds. The number of nitrogens with one attached hydrogen (secondary N) is 1. The van der Waals surface area contributed by atoms with Gasteiger partial charge in [-0.05, 0) is 18.3 Å². The van der Waals surface area contributed by atoms with Gasteiger partial charge in [0.2, 0.25) is 5.91 Å². The van der Waals surface area contributed by atoms with Crippen LogP contribution in [0.4, 0.5) is 0 Å². The molecule has 1 saturated carbocycles. The van der Waals surface area contributed by atoms with Crippen LogP contribution in [0.5, 0.6) is 0 Å². The van der Waals surface area contributed by atoms with Crippen LogP contribution >= 0.6 is 0 Å². The van der Waals surface area contributed by atoms with Gasteiger partial charge in [0.25, 0.3) is 0 Å². The third kappa shape index (κ3) is 5.12. The van der Waals surface area contributed by atoms with Crippen LogP contribution in [0.25, 0.3) is 0 Å². The Kier molecular flexibility index (Phi) is 5.99. The summed E-state index contributed by atoms with van der Waals surface area (Å²) in [6, 6.07) is -0.621. The summed E-state index contributed by atoms with van der Waals surface area (Å²) in [7, 11) is 0. The van der Waals surface area contributed by atoms with Crippen LogP contribution in [0.3, 0.4) is 0 Å². The first-order valence-electron chi connectivity index (χ1n) is 7.45. The lowest BCUT2D eigenvalue weighted by atomic mass is 9.85. The van der Waals surface area contributed by atoms with Crippen LogP contribution in [0.15, 0.2) is 0 Å². The highest BCUT2D eigenvalue weighted by atomic mass is 16.6. The number of nitrogens with two attached hydrogens (primary N) is 1. The quantitative estimate of drug-likeness (QED) is 0.610. The molecule has 20 heavy (non-hydrogen) atoms. The van der Waals surface area contributed by atoms with Crippen LogP contribution in [0, 0.1) is 11.3 Å². The number of amides is 1. The normalized spacial score (nSPS) is 20.1. The molecule has 2 unspecified atom stereocenters. The molecule has 0 saturated heterocycles. The molecule has 0 radical (unpaired) electrons. The molecular weight excluding hydrogens is 256 g/mol. The minimum atomic E-state index is -0.621. The van der Waals surface area contributed by atoms with Crippen molar-refractivity contribution in [1.82, 2.24) is 5.32 Å². The average molecular weight is 284 g/mol. The summed E-state index contributed by atoms with van der Waals surface area (Å²) in [5.74, 6) is -0.428. The van der Waals surface area contributed by atoms with Crippen LogP contribution in [0.2, 0.25) is 0 Å². The van der Waals surface area contributed by atoms with Crippen molar-refractivity contribution in [2.45, 2.75) is 72.1 Å². The van der Waals surface area contributed by atoms with E-state index in [1.165, 1.54) is 13.3 Å². The zero-order valence-corrected chi connectivity index (χ0v) is 13.1. The minimum absolute atomic E-state index is 0.198. The fraction of sp³-hybridized carbons (Fsp3) is 0.867. The van der Waals surface area contributed by atoms with E-state index in [9.17, 15) is 9.59 Å². The second-order valence-electron chi connectivity index (χ2n) is 6.78. The Balaban J connectivity index is 2.68. The third-order valence-electron chi connectivity index (χ3n) is 3.87. The molecule has 2 atom stereocenters. The lowest BCUT2D eigenvalue weighted by Gasteiger charge is -2.33. The Bertz CT molecular complexity index is 344. The Hall–Kier alpha value is -1.10. The molecular formula is C15H28N2O3. The number of hydrogen-bond acceptors (Lipinski definition) is 4. The molecule has 0 aromatic carbocycles. The van der Waals surface area contributed by atoms with Gasteiger partial charge in [0.15, 0.2) is 6.23 Å². The van der Waals surface area contributed by atoms with Crippen molar-refractivity contribution in [2.24, 2.45) is 17.1 Å². The number of esters is 1. The average Bonchev–Trinajstić information content (AvgIpc) is 2.36. The topological polar surface area (TPSA) is 81.4 Å². The maximum Gasteiger partial charge on any atom is 0.304 e. The van der Waals surface area contributed by atoms with Crippen molar-refractivity contribution in [2.75, 3.05) is 0 Å². The second-order valence-corrected chi connectivity index (χ2v) is 6.78. The second kappa shape index (κ2) is 7.07. The van der Waals surface area contributed by atoms with Crippen molar-refractivity contribution in [1.29, 1.82) is 0 Å². The van der Waals surface area contributed by atoms with Crippen molar-refractivity contribution in [3.05, 3.63) is 0 Å². The van der Waals surface area contributed by atoms with Gasteiger partial charge in [-0.15, -0.1) is 0 Å². The van der Waals surface area contributed by atoms with Gasteiger partial charge in [-0.1, -0.05) is 40.0 Å². The van der Waals surface area contributed by atoms with Gasteiger partial charge in [-0.2, -0.15) is 0 Å². The van der Waals surface area contributed by atoms with E-state index >= 15 is 0 Å². The van der Waals surface area contributed by atoms with Gasteiger partial charge >= 0.3 is 5.97 Å². The zero-order valence-electron chi connectivity index (χ0n) is 13.1. The summed E-state index contributed by atoms with van der Waals surface area (Å²) >= 11 is 0. The molecule has 5 heteroatoms. The van der Waals surface area contributed by atoms with E-state index in [-0.39, 0.29) is 23.2 Å². The Morgan fingerprint density at radius 3 is 2.20 bits per heavy atom. The SMILES string of the molecule is CC(=O)OC(NC(=O)C(N)C(C)(C)C)C1CCCCC1. The molecule has 116 valence electrons. The van der Waals surface area contributed by atoms with E-state index in [1.54, 1.807) is 0 Å². The first-order valence-corrected chi connectivity index (χ1v) is 7.45. The molecule has 0 bridgehead atoms. The maximum absolute atomic E-state index is 12.2. The summed E-state index contributed by atoms with van der Waals surface area (Å²) in [5.41, 5.74) is 5.63. The van der Waals surface area contributed by atoms with Crippen molar-refractivity contribution in [3.63, 3.8) is 0 Å². The summed E-state index contributed by atoms with van der Waals surface area (Å²) in [4.78, 5) is 23.4. The first kappa shape index (κ1) is 17.0. The molecule has 0 aromatic heterocycles. The van der Waals surface area contributed by atoms with Gasteiger partial charge in [0, 0.05) is 12.8 Å². The van der Waals surface area contributed by atoms with Crippen molar-refractivity contribution < 1.29 is 14.3 Å². The number of carbonyl (C=O) groups is 2. The Morgan fingerprint density at radius 1 is 1.20 bits per heavy atom.